The molecule has 1 aliphatic heterocycles. The molecule has 2 rings (SSSR count). The van der Waals surface area contributed by atoms with Gasteiger partial charge in [-0.15, -0.1) is 0 Å². The van der Waals surface area contributed by atoms with Gasteiger partial charge >= 0.3 is 11.9 Å². The fraction of sp³-hybridized carbons (Fsp3) is 0.857. The van der Waals surface area contributed by atoms with Crippen molar-refractivity contribution in [3.8, 4) is 0 Å². The van der Waals surface area contributed by atoms with Gasteiger partial charge in [-0.1, -0.05) is 0 Å². The lowest BCUT2D eigenvalue weighted by Crippen LogP contribution is -2.44. The topological polar surface area (TPSA) is 106 Å². The van der Waals surface area contributed by atoms with Crippen LogP contribution < -0.4 is 0 Å². The van der Waals surface area contributed by atoms with Crippen LogP contribution >= 0.6 is 0 Å². The number of carbonyl (C=O) groups is 3. The molecule has 0 radical (unpaired) electrons. The molecule has 1 aliphatic carbocycles. The second kappa shape index (κ2) is 11.1. The third kappa shape index (κ3) is 8.20. The lowest BCUT2D eigenvalue weighted by atomic mass is 9.87. The van der Waals surface area contributed by atoms with Crippen LogP contribution in [0.15, 0.2) is 0 Å². The third-order valence-corrected chi connectivity index (χ3v) is 5.33. The van der Waals surface area contributed by atoms with Gasteiger partial charge in [-0.05, 0) is 59.3 Å². The summed E-state index contributed by atoms with van der Waals surface area (Å²) in [6, 6.07) is 0. The molecule has 1 N–H and O–H groups in total. The maximum Gasteiger partial charge on any atom is 0.326 e. The number of carbonyl (C=O) groups excluding carboxylic acids is 2. The van der Waals surface area contributed by atoms with Gasteiger partial charge in [0.2, 0.25) is 12.3 Å². The van der Waals surface area contributed by atoms with Crippen LogP contribution in [0.2, 0.25) is 0 Å². The van der Waals surface area contributed by atoms with E-state index < -0.39 is 24.0 Å². The number of carboxylic acid groups (broad SMARTS) is 1. The highest BCUT2D eigenvalue weighted by atomic mass is 16.7. The minimum absolute atomic E-state index is 0.0826. The van der Waals surface area contributed by atoms with Crippen molar-refractivity contribution in [1.29, 1.82) is 0 Å². The Hall–Kier alpha value is -1.71. The van der Waals surface area contributed by atoms with Crippen molar-refractivity contribution in [2.75, 3.05) is 33.3 Å². The average Bonchev–Trinajstić information content (AvgIpc) is 3.18. The summed E-state index contributed by atoms with van der Waals surface area (Å²) in [6.45, 7) is 6.64. The third-order valence-electron chi connectivity index (χ3n) is 5.33. The molecule has 1 heterocycles. The summed E-state index contributed by atoms with van der Waals surface area (Å²) in [5.74, 6) is -1.86. The molecular formula is C21H36N2O7. The van der Waals surface area contributed by atoms with E-state index >= 15 is 0 Å². The van der Waals surface area contributed by atoms with Gasteiger partial charge in [0.05, 0.1) is 12.0 Å². The number of likely N-dealkylation sites (tertiary alicyclic amines) is 1. The Morgan fingerprint density at radius 1 is 1.10 bits per heavy atom. The minimum Gasteiger partial charge on any atom is -0.481 e. The lowest BCUT2D eigenvalue weighted by molar-refractivity contribution is -0.245. The molecule has 1 unspecified atom stereocenters. The highest BCUT2D eigenvalue weighted by molar-refractivity contribution is 5.82. The zero-order valence-corrected chi connectivity index (χ0v) is 18.6. The Balaban J connectivity index is 1.83. The van der Waals surface area contributed by atoms with Gasteiger partial charge in [0.1, 0.15) is 18.8 Å². The van der Waals surface area contributed by atoms with Gasteiger partial charge in [0.15, 0.2) is 0 Å². The summed E-state index contributed by atoms with van der Waals surface area (Å²) >= 11 is 0. The smallest absolute Gasteiger partial charge is 0.326 e. The molecule has 9 nitrogen and oxygen atoms in total. The van der Waals surface area contributed by atoms with Crippen LogP contribution in [0.5, 0.6) is 0 Å². The van der Waals surface area contributed by atoms with Gasteiger partial charge in [-0.3, -0.25) is 19.3 Å². The van der Waals surface area contributed by atoms with E-state index in [1.807, 2.05) is 0 Å². The van der Waals surface area contributed by atoms with Crippen molar-refractivity contribution >= 4 is 17.8 Å². The first-order valence-corrected chi connectivity index (χ1v) is 10.7. The molecule has 30 heavy (non-hydrogen) atoms. The predicted octanol–water partition coefficient (Wildman–Crippen LogP) is 1.84. The fourth-order valence-corrected chi connectivity index (χ4v) is 3.70. The minimum atomic E-state index is -0.751. The van der Waals surface area contributed by atoms with Crippen molar-refractivity contribution in [2.24, 2.45) is 5.92 Å². The number of ether oxygens (including phenoxy) is 3. The molecule has 2 fully saturated rings. The van der Waals surface area contributed by atoms with Gasteiger partial charge in [0.25, 0.3) is 0 Å². The highest BCUT2D eigenvalue weighted by Crippen LogP contribution is 2.28. The number of esters is 1. The molecule has 1 amide bonds. The Bertz CT molecular complexity index is 591. The van der Waals surface area contributed by atoms with E-state index in [2.05, 4.69) is 4.90 Å². The van der Waals surface area contributed by atoms with Crippen molar-refractivity contribution in [1.82, 2.24) is 9.80 Å². The molecule has 0 aromatic rings. The Morgan fingerprint density at radius 3 is 2.23 bits per heavy atom. The van der Waals surface area contributed by atoms with E-state index in [0.717, 1.165) is 25.9 Å². The maximum atomic E-state index is 12.4. The first-order chi connectivity index (χ1) is 14.0. The molecule has 1 saturated heterocycles. The standard InChI is InChI=1S/C21H36N2O7/c1-21(2,3)30-18(25)13-22(4)17(24)14-28-20(23-11-5-6-12-23)29-16-9-7-15(8-10-16)19(26)27/h15-16,20H,5-14H2,1-4H3,(H,26,27). The van der Waals surface area contributed by atoms with Crippen molar-refractivity contribution in [3.05, 3.63) is 0 Å². The van der Waals surface area contributed by atoms with Crippen LogP contribution in [0.25, 0.3) is 0 Å². The molecule has 1 atom stereocenters. The monoisotopic (exact) mass is 428 g/mol. The molecule has 2 aliphatic rings. The quantitative estimate of drug-likeness (QED) is 0.438. The van der Waals surface area contributed by atoms with Crippen LogP contribution in [0.1, 0.15) is 59.3 Å². The second-order valence-electron chi connectivity index (χ2n) is 9.15. The number of rotatable bonds is 9. The molecule has 9 heteroatoms. The summed E-state index contributed by atoms with van der Waals surface area (Å²) in [7, 11) is 1.54. The molecular weight excluding hydrogens is 392 g/mol. The van der Waals surface area contributed by atoms with E-state index in [1.165, 1.54) is 11.9 Å². The van der Waals surface area contributed by atoms with Gasteiger partial charge in [-0.2, -0.15) is 0 Å². The lowest BCUT2D eigenvalue weighted by Gasteiger charge is -2.34. The largest absolute Gasteiger partial charge is 0.481 e. The number of likely N-dealkylation sites (N-methyl/N-ethyl adjacent to an activating group) is 1. The summed E-state index contributed by atoms with van der Waals surface area (Å²) in [5, 5.41) is 9.15. The SMILES string of the molecule is CN(CC(=O)OC(C)(C)C)C(=O)COC(OC1CCC(C(=O)O)CC1)N1CCCC1. The van der Waals surface area contributed by atoms with Crippen LogP contribution in [0.3, 0.4) is 0 Å². The Morgan fingerprint density at radius 2 is 1.70 bits per heavy atom. The molecule has 0 aromatic carbocycles. The maximum absolute atomic E-state index is 12.4. The first-order valence-electron chi connectivity index (χ1n) is 10.7. The second-order valence-corrected chi connectivity index (χ2v) is 9.15. The zero-order valence-electron chi connectivity index (χ0n) is 18.6. The average molecular weight is 429 g/mol. The normalized spacial score (nSPS) is 23.7. The van der Waals surface area contributed by atoms with E-state index in [0.29, 0.717) is 25.7 Å². The van der Waals surface area contributed by atoms with Crippen molar-refractivity contribution in [3.63, 3.8) is 0 Å². The van der Waals surface area contributed by atoms with Crippen LogP contribution in [0, 0.1) is 5.92 Å². The Labute approximate surface area is 178 Å². The van der Waals surface area contributed by atoms with Crippen molar-refractivity contribution in [2.45, 2.75) is 77.4 Å². The van der Waals surface area contributed by atoms with Gasteiger partial charge in [-0.25, -0.2) is 0 Å². The highest BCUT2D eigenvalue weighted by Gasteiger charge is 2.32. The van der Waals surface area contributed by atoms with Gasteiger partial charge in [0, 0.05) is 20.1 Å². The number of amides is 1. The zero-order chi connectivity index (χ0) is 22.3. The molecule has 1 saturated carbocycles. The van der Waals surface area contributed by atoms with E-state index in [9.17, 15) is 14.4 Å². The first kappa shape index (κ1) is 24.6. The number of nitrogens with zero attached hydrogens (tertiary/aromatic N) is 2. The van der Waals surface area contributed by atoms with Crippen LogP contribution in [-0.4, -0.2) is 84.2 Å². The molecule has 0 bridgehead atoms. The van der Waals surface area contributed by atoms with Gasteiger partial charge < -0.3 is 24.2 Å². The van der Waals surface area contributed by atoms with Crippen LogP contribution in [-0.2, 0) is 28.6 Å². The summed E-state index contributed by atoms with van der Waals surface area (Å²) in [6.07, 6.45) is 3.87. The number of hydrogen-bond acceptors (Lipinski definition) is 7. The summed E-state index contributed by atoms with van der Waals surface area (Å²) < 4.78 is 17.2. The number of aliphatic carboxylic acids is 1. The van der Waals surface area contributed by atoms with Crippen LogP contribution in [0.4, 0.5) is 0 Å². The van der Waals surface area contributed by atoms with E-state index in [4.69, 9.17) is 19.3 Å². The summed E-state index contributed by atoms with van der Waals surface area (Å²) in [4.78, 5) is 38.8. The fourth-order valence-electron chi connectivity index (χ4n) is 3.70. The van der Waals surface area contributed by atoms with E-state index in [1.54, 1.807) is 20.8 Å². The molecule has 0 spiro atoms. The number of hydrogen-bond donors (Lipinski definition) is 1. The summed E-state index contributed by atoms with van der Waals surface area (Å²) in [5.41, 5.74) is -0.605. The Kier molecular flexibility index (Phi) is 9.06. The molecule has 0 aromatic heterocycles. The predicted molar refractivity (Wildman–Crippen MR) is 108 cm³/mol. The van der Waals surface area contributed by atoms with E-state index in [-0.39, 0.29) is 31.1 Å². The number of carboxylic acids is 1. The van der Waals surface area contributed by atoms with Crippen molar-refractivity contribution < 1.29 is 33.7 Å². The molecule has 172 valence electrons.